The van der Waals surface area contributed by atoms with Crippen molar-refractivity contribution in [2.45, 2.75) is 33.1 Å². The standard InChI is InChI=1S/C22H29NO4/c1-15(2)12-17-13-19(21(25)10-9-20(17)24)22(26)23-11-5-6-18(27-4)8-7-16(3)14-23/h6-8,10,13,15,24-25H,3,5,9,11-12,14H2,1-2,4H3/b8-7-,18-6+. The number of ether oxygens (including phenoxy) is 1. The Morgan fingerprint density at radius 1 is 1.30 bits per heavy atom. The number of methoxy groups -OCH3 is 1. The highest BCUT2D eigenvalue weighted by molar-refractivity contribution is 5.98. The van der Waals surface area contributed by atoms with Crippen LogP contribution in [0.25, 0.3) is 0 Å². The third-order valence-corrected chi connectivity index (χ3v) is 4.46. The lowest BCUT2D eigenvalue weighted by molar-refractivity contribution is -0.126. The molecule has 0 unspecified atom stereocenters. The van der Waals surface area contributed by atoms with Crippen LogP contribution in [0.4, 0.5) is 0 Å². The molecule has 1 heterocycles. The average molecular weight is 371 g/mol. The number of amides is 1. The summed E-state index contributed by atoms with van der Waals surface area (Å²) in [6, 6.07) is 0. The molecule has 5 nitrogen and oxygen atoms in total. The van der Waals surface area contributed by atoms with Gasteiger partial charge in [-0.3, -0.25) is 4.79 Å². The first-order valence-corrected chi connectivity index (χ1v) is 9.23. The van der Waals surface area contributed by atoms with Gasteiger partial charge in [-0.25, -0.2) is 0 Å². The predicted octanol–water partition coefficient (Wildman–Crippen LogP) is 4.49. The molecule has 5 heteroatoms. The van der Waals surface area contributed by atoms with Crippen LogP contribution in [0.3, 0.4) is 0 Å². The summed E-state index contributed by atoms with van der Waals surface area (Å²) in [7, 11) is 1.61. The van der Waals surface area contributed by atoms with E-state index in [1.54, 1.807) is 18.1 Å². The lowest BCUT2D eigenvalue weighted by Gasteiger charge is -2.23. The van der Waals surface area contributed by atoms with Crippen molar-refractivity contribution in [1.82, 2.24) is 4.90 Å². The molecule has 146 valence electrons. The van der Waals surface area contributed by atoms with E-state index in [1.165, 1.54) is 6.08 Å². The van der Waals surface area contributed by atoms with Gasteiger partial charge in [-0.15, -0.1) is 0 Å². The highest BCUT2D eigenvalue weighted by Gasteiger charge is 2.24. The molecule has 0 aromatic carbocycles. The third-order valence-electron chi connectivity index (χ3n) is 4.46. The minimum atomic E-state index is -0.275. The Morgan fingerprint density at radius 3 is 2.70 bits per heavy atom. The van der Waals surface area contributed by atoms with Gasteiger partial charge in [-0.2, -0.15) is 0 Å². The first kappa shape index (κ1) is 20.6. The van der Waals surface area contributed by atoms with Gasteiger partial charge < -0.3 is 19.8 Å². The molecule has 0 saturated carbocycles. The molecule has 2 N–H and O–H groups in total. The molecule has 1 aliphatic carbocycles. The van der Waals surface area contributed by atoms with Gasteiger partial charge in [0.15, 0.2) is 0 Å². The number of aliphatic hydroxyl groups is 2. The SMILES string of the molecule is C=C1/C=C\C(OC)=C/CCN(C(=O)C2=CC(CC(C)C)=C(O)CC=C2O)C1. The molecule has 0 saturated heterocycles. The van der Waals surface area contributed by atoms with Crippen LogP contribution in [0.1, 0.15) is 33.1 Å². The van der Waals surface area contributed by atoms with Crippen molar-refractivity contribution in [3.05, 3.63) is 71.0 Å². The maximum Gasteiger partial charge on any atom is 0.257 e. The van der Waals surface area contributed by atoms with E-state index in [-0.39, 0.29) is 29.4 Å². The third kappa shape index (κ3) is 5.64. The summed E-state index contributed by atoms with van der Waals surface area (Å²) in [6.45, 7) is 8.93. The molecule has 0 atom stereocenters. The van der Waals surface area contributed by atoms with E-state index < -0.39 is 0 Å². The van der Waals surface area contributed by atoms with Crippen molar-refractivity contribution in [2.24, 2.45) is 5.92 Å². The second-order valence-electron chi connectivity index (χ2n) is 7.24. The van der Waals surface area contributed by atoms with Crippen LogP contribution in [0.5, 0.6) is 0 Å². The smallest absolute Gasteiger partial charge is 0.257 e. The van der Waals surface area contributed by atoms with Crippen LogP contribution >= 0.6 is 0 Å². The van der Waals surface area contributed by atoms with E-state index in [9.17, 15) is 15.0 Å². The zero-order chi connectivity index (χ0) is 20.0. The van der Waals surface area contributed by atoms with Gasteiger partial charge in [0.25, 0.3) is 5.91 Å². The number of nitrogens with zero attached hydrogens (tertiary/aromatic N) is 1. The van der Waals surface area contributed by atoms with Crippen molar-refractivity contribution >= 4 is 5.91 Å². The van der Waals surface area contributed by atoms with Crippen LogP contribution in [0.2, 0.25) is 0 Å². The number of hydrogen-bond donors (Lipinski definition) is 2. The molecule has 0 aromatic heterocycles. The monoisotopic (exact) mass is 371 g/mol. The van der Waals surface area contributed by atoms with Gasteiger partial charge in [0.2, 0.25) is 0 Å². The normalized spacial score (nSPS) is 22.0. The molecule has 0 radical (unpaired) electrons. The van der Waals surface area contributed by atoms with Crippen molar-refractivity contribution < 1.29 is 19.7 Å². The Kier molecular flexibility index (Phi) is 7.11. The van der Waals surface area contributed by atoms with E-state index >= 15 is 0 Å². The molecule has 2 aliphatic rings. The summed E-state index contributed by atoms with van der Waals surface area (Å²) in [4.78, 5) is 14.8. The zero-order valence-corrected chi connectivity index (χ0v) is 16.4. The molecular formula is C22H29NO4. The molecule has 0 fully saturated rings. The van der Waals surface area contributed by atoms with E-state index in [2.05, 4.69) is 6.58 Å². The Balaban J connectivity index is 2.31. The first-order chi connectivity index (χ1) is 12.8. The van der Waals surface area contributed by atoms with Gasteiger partial charge in [-0.1, -0.05) is 26.5 Å². The Bertz CT molecular complexity index is 750. The number of hydrogen-bond acceptors (Lipinski definition) is 4. The van der Waals surface area contributed by atoms with E-state index in [0.717, 1.165) is 11.3 Å². The second kappa shape index (κ2) is 9.31. The highest BCUT2D eigenvalue weighted by Crippen LogP contribution is 2.26. The zero-order valence-electron chi connectivity index (χ0n) is 16.4. The topological polar surface area (TPSA) is 70.0 Å². The summed E-state index contributed by atoms with van der Waals surface area (Å²) >= 11 is 0. The molecule has 0 aromatic rings. The van der Waals surface area contributed by atoms with Gasteiger partial charge in [0.1, 0.15) is 11.5 Å². The number of allylic oxidation sites excluding steroid dienone is 4. The Hall–Kier alpha value is -2.69. The van der Waals surface area contributed by atoms with Gasteiger partial charge in [-0.05, 0) is 54.2 Å². The molecule has 2 rings (SSSR count). The summed E-state index contributed by atoms with van der Waals surface area (Å²) < 4.78 is 5.27. The van der Waals surface area contributed by atoms with E-state index in [1.807, 2.05) is 32.1 Å². The number of aliphatic hydroxyl groups excluding tert-OH is 2. The predicted molar refractivity (Wildman–Crippen MR) is 107 cm³/mol. The fraction of sp³-hybridized carbons (Fsp3) is 0.409. The Morgan fingerprint density at radius 2 is 2.04 bits per heavy atom. The number of rotatable bonds is 4. The van der Waals surface area contributed by atoms with Gasteiger partial charge in [0, 0.05) is 19.5 Å². The fourth-order valence-corrected chi connectivity index (χ4v) is 3.06. The van der Waals surface area contributed by atoms with Crippen LogP contribution in [-0.4, -0.2) is 41.2 Å². The summed E-state index contributed by atoms with van der Waals surface area (Å²) in [5.41, 5.74) is 1.67. The minimum Gasteiger partial charge on any atom is -0.512 e. The van der Waals surface area contributed by atoms with Crippen molar-refractivity contribution in [2.75, 3.05) is 20.2 Å². The summed E-state index contributed by atoms with van der Waals surface area (Å²) in [6.07, 6.45) is 10.2. The number of carbonyl (C=O) groups excluding carboxylic acids is 1. The van der Waals surface area contributed by atoms with Crippen LogP contribution < -0.4 is 0 Å². The average Bonchev–Trinajstić information content (AvgIpc) is 2.70. The number of carbonyl (C=O) groups is 1. The minimum absolute atomic E-state index is 0.0977. The van der Waals surface area contributed by atoms with Crippen molar-refractivity contribution in [1.29, 1.82) is 0 Å². The molecule has 27 heavy (non-hydrogen) atoms. The van der Waals surface area contributed by atoms with Gasteiger partial charge >= 0.3 is 0 Å². The summed E-state index contributed by atoms with van der Waals surface area (Å²) in [5.74, 6) is 0.877. The van der Waals surface area contributed by atoms with Crippen LogP contribution in [0, 0.1) is 5.92 Å². The van der Waals surface area contributed by atoms with E-state index in [0.29, 0.717) is 37.4 Å². The fourth-order valence-electron chi connectivity index (χ4n) is 3.06. The lowest BCUT2D eigenvalue weighted by atomic mass is 9.99. The van der Waals surface area contributed by atoms with Crippen molar-refractivity contribution in [3.8, 4) is 0 Å². The highest BCUT2D eigenvalue weighted by atomic mass is 16.5. The quantitative estimate of drug-likeness (QED) is 0.764. The van der Waals surface area contributed by atoms with Crippen LogP contribution in [0.15, 0.2) is 71.0 Å². The second-order valence-corrected chi connectivity index (χ2v) is 7.24. The molecule has 1 aliphatic heterocycles. The lowest BCUT2D eigenvalue weighted by Crippen LogP contribution is -2.34. The molecule has 0 spiro atoms. The maximum absolute atomic E-state index is 13.2. The van der Waals surface area contributed by atoms with Crippen LogP contribution in [-0.2, 0) is 9.53 Å². The molecule has 1 amide bonds. The van der Waals surface area contributed by atoms with E-state index in [4.69, 9.17) is 4.74 Å². The largest absolute Gasteiger partial charge is 0.512 e. The Labute approximate surface area is 161 Å². The molecular weight excluding hydrogens is 342 g/mol. The van der Waals surface area contributed by atoms with Gasteiger partial charge in [0.05, 0.1) is 18.4 Å². The maximum atomic E-state index is 13.2. The first-order valence-electron chi connectivity index (χ1n) is 9.23. The molecule has 0 bridgehead atoms. The summed E-state index contributed by atoms with van der Waals surface area (Å²) in [5, 5.41) is 20.6. The van der Waals surface area contributed by atoms with Crippen molar-refractivity contribution in [3.63, 3.8) is 0 Å².